The van der Waals surface area contributed by atoms with Gasteiger partial charge >= 0.3 is 0 Å². The Balaban J connectivity index is 2.03. The Kier molecular flexibility index (Phi) is 8.18. The Hall–Kier alpha value is -4.81. The van der Waals surface area contributed by atoms with Gasteiger partial charge in [0.05, 0.1) is 31.5 Å². The van der Waals surface area contributed by atoms with Crippen LogP contribution in [0.25, 0.3) is 17.3 Å². The molecule has 4 aromatic rings. The number of methoxy groups -OCH3 is 3. The van der Waals surface area contributed by atoms with E-state index in [-0.39, 0.29) is 15.8 Å². The van der Waals surface area contributed by atoms with E-state index in [1.165, 1.54) is 25.9 Å². The maximum atomic E-state index is 13.9. The highest BCUT2D eigenvalue weighted by Gasteiger charge is 2.20. The predicted octanol–water partition coefficient (Wildman–Crippen LogP) is 3.68. The van der Waals surface area contributed by atoms with E-state index in [2.05, 4.69) is 5.32 Å². The van der Waals surface area contributed by atoms with E-state index in [0.717, 1.165) is 22.5 Å². The van der Waals surface area contributed by atoms with E-state index < -0.39 is 5.91 Å². The number of hydrogen-bond acceptors (Lipinski definition) is 7. The molecule has 0 unspecified atom stereocenters. The summed E-state index contributed by atoms with van der Waals surface area (Å²) in [6.45, 7) is 3.73. The number of nitrogens with one attached hydrogen (secondary N) is 1. The van der Waals surface area contributed by atoms with Gasteiger partial charge in [-0.05, 0) is 55.3 Å². The quantitative estimate of drug-likeness (QED) is 0.383. The summed E-state index contributed by atoms with van der Waals surface area (Å²) in [6.07, 6.45) is 1.65. The van der Waals surface area contributed by atoms with Crippen LogP contribution in [0.2, 0.25) is 0 Å². The van der Waals surface area contributed by atoms with Crippen molar-refractivity contribution in [2.45, 2.75) is 13.8 Å². The summed E-state index contributed by atoms with van der Waals surface area (Å²) >= 11 is 1.05. The minimum absolute atomic E-state index is 0.178. The van der Waals surface area contributed by atoms with Crippen molar-refractivity contribution < 1.29 is 19.0 Å². The average molecular weight is 542 g/mol. The maximum absolute atomic E-state index is 13.9. The van der Waals surface area contributed by atoms with Crippen molar-refractivity contribution in [2.75, 3.05) is 26.6 Å². The number of carbonyl (C=O) groups excluding carboxylic acids is 1. The molecule has 9 heteroatoms. The van der Waals surface area contributed by atoms with Gasteiger partial charge in [-0.15, -0.1) is 11.3 Å². The predicted molar refractivity (Wildman–Crippen MR) is 152 cm³/mol. The summed E-state index contributed by atoms with van der Waals surface area (Å²) in [5.74, 6) is 0.636. The summed E-state index contributed by atoms with van der Waals surface area (Å²) in [6, 6.07) is 20.1. The van der Waals surface area contributed by atoms with Crippen LogP contribution in [0, 0.1) is 25.2 Å². The van der Waals surface area contributed by atoms with Gasteiger partial charge in [-0.25, -0.2) is 0 Å². The maximum Gasteiger partial charge on any atom is 0.273 e. The van der Waals surface area contributed by atoms with Crippen LogP contribution in [0.4, 0.5) is 5.69 Å². The number of benzene rings is 3. The minimum atomic E-state index is -0.606. The standard InChI is InChI=1S/C30H27N3O5S/c1-18-10-6-8-12-22(18)32-28(34)21(17-31)30-33(23-13-9-7-11-19(23)2)29(35)25(39-30)16-20-14-15-24(36-3)27(38-5)26(20)37-4/h6-16H,1-5H3,(H,32,34)/b25-16+,30-21-. The largest absolute Gasteiger partial charge is 0.493 e. The topological polar surface area (TPSA) is 103 Å². The number of nitriles is 1. The molecular formula is C30H27N3O5S. The van der Waals surface area contributed by atoms with Gasteiger partial charge in [0.15, 0.2) is 17.1 Å². The molecule has 1 amide bonds. The van der Waals surface area contributed by atoms with Gasteiger partial charge in [0, 0.05) is 11.3 Å². The van der Waals surface area contributed by atoms with Gasteiger partial charge in [0.2, 0.25) is 5.75 Å². The highest BCUT2D eigenvalue weighted by molar-refractivity contribution is 7.07. The first-order chi connectivity index (χ1) is 18.8. The van der Waals surface area contributed by atoms with Crippen LogP contribution >= 0.6 is 11.3 Å². The van der Waals surface area contributed by atoms with Crippen LogP contribution in [0.15, 0.2) is 65.5 Å². The van der Waals surface area contributed by atoms with Crippen molar-refractivity contribution >= 4 is 34.6 Å². The number of hydrogen-bond donors (Lipinski definition) is 1. The van der Waals surface area contributed by atoms with Crippen LogP contribution in [0.3, 0.4) is 0 Å². The Morgan fingerprint density at radius 1 is 0.923 bits per heavy atom. The van der Waals surface area contributed by atoms with E-state index in [4.69, 9.17) is 14.2 Å². The molecule has 3 aromatic carbocycles. The summed E-state index contributed by atoms with van der Waals surface area (Å²) in [7, 11) is 4.52. The lowest BCUT2D eigenvalue weighted by molar-refractivity contribution is -0.111. The number of anilines is 1. The highest BCUT2D eigenvalue weighted by Crippen LogP contribution is 2.40. The molecule has 8 nitrogen and oxygen atoms in total. The number of aryl methyl sites for hydroxylation is 2. The SMILES string of the molecule is COc1ccc(/C=c2/s/c(=C(/C#N)C(=O)Nc3ccccc3C)n(-c3ccccc3C)c2=O)c(OC)c1OC. The lowest BCUT2D eigenvalue weighted by atomic mass is 10.1. The third kappa shape index (κ3) is 5.28. The number of aromatic nitrogens is 1. The molecule has 0 atom stereocenters. The molecule has 0 aliphatic heterocycles. The van der Waals surface area contributed by atoms with Crippen molar-refractivity contribution in [3.8, 4) is 29.0 Å². The number of rotatable bonds is 7. The Labute approximate surface area is 229 Å². The zero-order valence-corrected chi connectivity index (χ0v) is 23.0. The Bertz CT molecular complexity index is 1780. The van der Waals surface area contributed by atoms with E-state index in [0.29, 0.717) is 38.7 Å². The van der Waals surface area contributed by atoms with Crippen molar-refractivity contribution in [1.29, 1.82) is 5.26 Å². The van der Waals surface area contributed by atoms with Crippen LogP contribution < -0.4 is 34.3 Å². The Morgan fingerprint density at radius 3 is 2.21 bits per heavy atom. The molecule has 1 aromatic heterocycles. The second-order valence-electron chi connectivity index (χ2n) is 8.52. The molecule has 39 heavy (non-hydrogen) atoms. The number of para-hydroxylation sites is 2. The number of thiazole rings is 1. The summed E-state index contributed by atoms with van der Waals surface area (Å²) < 4.78 is 18.4. The molecule has 0 saturated carbocycles. The molecule has 0 spiro atoms. The fourth-order valence-electron chi connectivity index (χ4n) is 4.16. The van der Waals surface area contributed by atoms with Crippen LogP contribution in [0.5, 0.6) is 17.2 Å². The van der Waals surface area contributed by atoms with Gasteiger partial charge in [0.1, 0.15) is 10.7 Å². The summed E-state index contributed by atoms with van der Waals surface area (Å²) in [5, 5.41) is 12.9. The van der Waals surface area contributed by atoms with Crippen LogP contribution in [-0.2, 0) is 4.79 Å². The second-order valence-corrected chi connectivity index (χ2v) is 9.55. The van der Waals surface area contributed by atoms with Gasteiger partial charge in [0.25, 0.3) is 11.5 Å². The van der Waals surface area contributed by atoms with E-state index >= 15 is 0 Å². The average Bonchev–Trinajstić information content (AvgIpc) is 3.25. The minimum Gasteiger partial charge on any atom is -0.493 e. The fourth-order valence-corrected chi connectivity index (χ4v) is 5.24. The molecule has 0 aliphatic carbocycles. The van der Waals surface area contributed by atoms with Crippen molar-refractivity contribution in [2.24, 2.45) is 0 Å². The van der Waals surface area contributed by atoms with Crippen molar-refractivity contribution in [3.05, 3.63) is 96.9 Å². The molecular weight excluding hydrogens is 514 g/mol. The number of amides is 1. The van der Waals surface area contributed by atoms with Gasteiger partial charge < -0.3 is 19.5 Å². The first-order valence-electron chi connectivity index (χ1n) is 11.9. The van der Waals surface area contributed by atoms with Crippen molar-refractivity contribution in [3.63, 3.8) is 0 Å². The number of nitrogens with zero attached hydrogens (tertiary/aromatic N) is 2. The fraction of sp³-hybridized carbons (Fsp3) is 0.167. The molecule has 1 heterocycles. The van der Waals surface area contributed by atoms with Gasteiger partial charge in [-0.3, -0.25) is 14.2 Å². The number of ether oxygens (including phenoxy) is 3. The summed E-state index contributed by atoms with van der Waals surface area (Å²) in [5.41, 5.74) is 2.83. The lowest BCUT2D eigenvalue weighted by Gasteiger charge is -2.13. The monoisotopic (exact) mass is 541 g/mol. The van der Waals surface area contributed by atoms with Crippen LogP contribution in [0.1, 0.15) is 16.7 Å². The van der Waals surface area contributed by atoms with Crippen molar-refractivity contribution in [1.82, 2.24) is 4.57 Å². The van der Waals surface area contributed by atoms with E-state index in [1.807, 2.05) is 44.2 Å². The molecule has 0 saturated heterocycles. The third-order valence-corrected chi connectivity index (χ3v) is 7.24. The zero-order chi connectivity index (χ0) is 28.1. The van der Waals surface area contributed by atoms with E-state index in [1.54, 1.807) is 42.5 Å². The zero-order valence-electron chi connectivity index (χ0n) is 22.2. The molecule has 4 rings (SSSR count). The number of carbonyl (C=O) groups is 1. The lowest BCUT2D eigenvalue weighted by Crippen LogP contribution is -2.32. The molecule has 0 aliphatic rings. The third-order valence-electron chi connectivity index (χ3n) is 6.15. The van der Waals surface area contributed by atoms with Crippen LogP contribution in [-0.4, -0.2) is 31.8 Å². The molecule has 198 valence electrons. The first-order valence-corrected chi connectivity index (χ1v) is 12.8. The second kappa shape index (κ2) is 11.7. The molecule has 0 radical (unpaired) electrons. The smallest absolute Gasteiger partial charge is 0.273 e. The Morgan fingerprint density at radius 2 is 1.59 bits per heavy atom. The highest BCUT2D eigenvalue weighted by atomic mass is 32.1. The molecule has 1 N–H and O–H groups in total. The first kappa shape index (κ1) is 27.2. The normalized spacial score (nSPS) is 11.9. The van der Waals surface area contributed by atoms with E-state index in [9.17, 15) is 14.9 Å². The molecule has 0 bridgehead atoms. The van der Waals surface area contributed by atoms with Gasteiger partial charge in [-0.1, -0.05) is 36.4 Å². The van der Waals surface area contributed by atoms with Gasteiger partial charge in [-0.2, -0.15) is 5.26 Å². The molecule has 0 fully saturated rings. The summed E-state index contributed by atoms with van der Waals surface area (Å²) in [4.78, 5) is 27.2.